The molecule has 2 aromatic heterocycles. The Labute approximate surface area is 172 Å². The summed E-state index contributed by atoms with van der Waals surface area (Å²) in [5, 5.41) is 0.898. The van der Waals surface area contributed by atoms with Crippen molar-refractivity contribution in [2.24, 2.45) is 0 Å². The molecule has 0 atom stereocenters. The standard InChI is InChI=1S/C20H20N3O6P/c1-27-18-7-15-16(8-19(18)28-2)21-9-17-20(15)23(12-22-17)10-13-3-5-14(6-4-13)11-29-30(24,25)26/h3-9,12H,10-11H2,1-2H3,(H2,24,25,26). The van der Waals surface area contributed by atoms with Gasteiger partial charge in [-0.1, -0.05) is 24.3 Å². The van der Waals surface area contributed by atoms with E-state index in [1.165, 1.54) is 0 Å². The minimum Gasteiger partial charge on any atom is -0.493 e. The van der Waals surface area contributed by atoms with Crippen molar-refractivity contribution in [2.45, 2.75) is 13.2 Å². The average molecular weight is 429 g/mol. The van der Waals surface area contributed by atoms with E-state index in [4.69, 9.17) is 19.3 Å². The molecule has 0 amide bonds. The van der Waals surface area contributed by atoms with E-state index in [1.54, 1.807) is 38.9 Å². The predicted molar refractivity (Wildman–Crippen MR) is 111 cm³/mol. The topological polar surface area (TPSA) is 116 Å². The lowest BCUT2D eigenvalue weighted by molar-refractivity contribution is 0.189. The fourth-order valence-corrected chi connectivity index (χ4v) is 3.61. The maximum absolute atomic E-state index is 10.8. The first-order chi connectivity index (χ1) is 14.4. The van der Waals surface area contributed by atoms with Gasteiger partial charge in [-0.2, -0.15) is 0 Å². The zero-order valence-corrected chi connectivity index (χ0v) is 17.2. The Morgan fingerprint density at radius 2 is 1.63 bits per heavy atom. The van der Waals surface area contributed by atoms with Crippen LogP contribution in [0, 0.1) is 0 Å². The molecule has 156 valence electrons. The van der Waals surface area contributed by atoms with E-state index in [9.17, 15) is 4.57 Å². The first-order valence-corrected chi connectivity index (χ1v) is 10.5. The van der Waals surface area contributed by atoms with Crippen LogP contribution >= 0.6 is 7.82 Å². The van der Waals surface area contributed by atoms with E-state index in [1.807, 2.05) is 28.8 Å². The molecule has 0 aliphatic rings. The summed E-state index contributed by atoms with van der Waals surface area (Å²) in [6, 6.07) is 11.1. The Morgan fingerprint density at radius 3 is 2.30 bits per heavy atom. The number of benzene rings is 2. The minimum atomic E-state index is -4.49. The lowest BCUT2D eigenvalue weighted by Crippen LogP contribution is -2.00. The van der Waals surface area contributed by atoms with Crippen molar-refractivity contribution in [3.8, 4) is 11.5 Å². The van der Waals surface area contributed by atoms with E-state index in [2.05, 4.69) is 14.5 Å². The molecule has 4 aromatic rings. The molecule has 2 N–H and O–H groups in total. The normalized spacial score (nSPS) is 11.9. The fraction of sp³-hybridized carbons (Fsp3) is 0.200. The summed E-state index contributed by atoms with van der Waals surface area (Å²) >= 11 is 0. The first kappa shape index (κ1) is 20.3. The Bertz CT molecular complexity index is 1250. The zero-order valence-electron chi connectivity index (χ0n) is 16.3. The number of rotatable bonds is 7. The lowest BCUT2D eigenvalue weighted by Gasteiger charge is -2.11. The molecule has 10 heteroatoms. The van der Waals surface area contributed by atoms with Gasteiger partial charge in [-0.3, -0.25) is 9.51 Å². The van der Waals surface area contributed by atoms with Crippen LogP contribution in [0.4, 0.5) is 0 Å². The minimum absolute atomic E-state index is 0.156. The summed E-state index contributed by atoms with van der Waals surface area (Å²) in [5.74, 6) is 1.22. The third-order valence-corrected chi connectivity index (χ3v) is 5.19. The van der Waals surface area contributed by atoms with Crippen molar-refractivity contribution in [1.82, 2.24) is 14.5 Å². The van der Waals surface area contributed by atoms with Crippen LogP contribution in [0.15, 0.2) is 48.9 Å². The molecule has 0 unspecified atom stereocenters. The zero-order chi connectivity index (χ0) is 21.3. The summed E-state index contributed by atoms with van der Waals surface area (Å²) in [5.41, 5.74) is 4.13. The number of fused-ring (bicyclic) bond motifs is 3. The van der Waals surface area contributed by atoms with Crippen molar-refractivity contribution in [2.75, 3.05) is 14.2 Å². The van der Waals surface area contributed by atoms with E-state index >= 15 is 0 Å². The van der Waals surface area contributed by atoms with Gasteiger partial charge in [0.2, 0.25) is 0 Å². The Balaban J connectivity index is 1.67. The van der Waals surface area contributed by atoms with Crippen LogP contribution in [0.1, 0.15) is 11.1 Å². The number of imidazole rings is 1. The second kappa shape index (κ2) is 8.04. The highest BCUT2D eigenvalue weighted by Gasteiger charge is 2.15. The average Bonchev–Trinajstić information content (AvgIpc) is 3.14. The van der Waals surface area contributed by atoms with Crippen LogP contribution in [0.2, 0.25) is 0 Å². The van der Waals surface area contributed by atoms with Gasteiger partial charge in [0.05, 0.1) is 44.4 Å². The highest BCUT2D eigenvalue weighted by molar-refractivity contribution is 7.46. The number of ether oxygens (including phenoxy) is 2. The van der Waals surface area contributed by atoms with Crippen LogP contribution < -0.4 is 9.47 Å². The van der Waals surface area contributed by atoms with Crippen LogP contribution in [-0.4, -0.2) is 38.5 Å². The van der Waals surface area contributed by atoms with Crippen LogP contribution in [0.3, 0.4) is 0 Å². The number of aromatic nitrogens is 3. The van der Waals surface area contributed by atoms with Gasteiger partial charge >= 0.3 is 7.82 Å². The van der Waals surface area contributed by atoms with Crippen molar-refractivity contribution < 1.29 is 28.3 Å². The number of hydrogen-bond donors (Lipinski definition) is 2. The fourth-order valence-electron chi connectivity index (χ4n) is 3.30. The lowest BCUT2D eigenvalue weighted by atomic mass is 10.1. The molecule has 0 saturated carbocycles. The van der Waals surface area contributed by atoms with Gasteiger partial charge in [-0.15, -0.1) is 0 Å². The van der Waals surface area contributed by atoms with Gasteiger partial charge in [0, 0.05) is 18.0 Å². The highest BCUT2D eigenvalue weighted by atomic mass is 31.2. The molecular weight excluding hydrogens is 409 g/mol. The molecule has 0 aliphatic carbocycles. The molecule has 0 bridgehead atoms. The van der Waals surface area contributed by atoms with Crippen LogP contribution in [-0.2, 0) is 22.2 Å². The number of phosphoric ester groups is 1. The number of pyridine rings is 1. The molecule has 0 saturated heterocycles. The Morgan fingerprint density at radius 1 is 0.967 bits per heavy atom. The number of phosphoric acid groups is 1. The molecule has 4 rings (SSSR count). The molecule has 0 spiro atoms. The quantitative estimate of drug-likeness (QED) is 0.430. The van der Waals surface area contributed by atoms with E-state index < -0.39 is 7.82 Å². The molecule has 0 fully saturated rings. The summed E-state index contributed by atoms with van der Waals surface area (Å²) in [7, 11) is -1.32. The number of nitrogens with zero attached hydrogens (tertiary/aromatic N) is 3. The Hall–Kier alpha value is -2.97. The van der Waals surface area contributed by atoms with Gasteiger partial charge in [0.1, 0.15) is 5.52 Å². The van der Waals surface area contributed by atoms with Gasteiger partial charge in [-0.25, -0.2) is 9.55 Å². The van der Waals surface area contributed by atoms with Crippen molar-refractivity contribution in [3.05, 3.63) is 60.0 Å². The van der Waals surface area contributed by atoms with Gasteiger partial charge < -0.3 is 23.8 Å². The van der Waals surface area contributed by atoms with Crippen LogP contribution in [0.25, 0.3) is 21.9 Å². The molecule has 2 aromatic carbocycles. The number of hydrogen-bond acceptors (Lipinski definition) is 6. The third-order valence-electron chi connectivity index (χ3n) is 4.72. The summed E-state index contributed by atoms with van der Waals surface area (Å²) in [6.45, 7) is 0.403. The summed E-state index contributed by atoms with van der Waals surface area (Å²) < 4.78 is 28.2. The molecule has 9 nitrogen and oxygen atoms in total. The maximum Gasteiger partial charge on any atom is 0.469 e. The van der Waals surface area contributed by atoms with E-state index in [0.29, 0.717) is 23.6 Å². The second-order valence-corrected chi connectivity index (χ2v) is 7.91. The smallest absolute Gasteiger partial charge is 0.469 e. The third kappa shape index (κ3) is 4.15. The summed E-state index contributed by atoms with van der Waals surface area (Å²) in [4.78, 5) is 26.6. The Kier molecular flexibility index (Phi) is 5.44. The highest BCUT2D eigenvalue weighted by Crippen LogP contribution is 2.37. The SMILES string of the molecule is COc1cc2ncc3ncn(Cc4ccc(COP(=O)(O)O)cc4)c3c2cc1OC. The van der Waals surface area contributed by atoms with E-state index in [-0.39, 0.29) is 6.61 Å². The van der Waals surface area contributed by atoms with Crippen LogP contribution in [0.5, 0.6) is 11.5 Å². The first-order valence-electron chi connectivity index (χ1n) is 9.01. The van der Waals surface area contributed by atoms with Gasteiger partial charge in [-0.05, 0) is 17.2 Å². The second-order valence-electron chi connectivity index (χ2n) is 6.67. The van der Waals surface area contributed by atoms with Crippen molar-refractivity contribution >= 4 is 29.8 Å². The van der Waals surface area contributed by atoms with E-state index in [0.717, 1.165) is 27.5 Å². The van der Waals surface area contributed by atoms with Gasteiger partial charge in [0.15, 0.2) is 11.5 Å². The molecule has 2 heterocycles. The predicted octanol–water partition coefficient (Wildman–Crippen LogP) is 3.26. The monoisotopic (exact) mass is 429 g/mol. The molecule has 0 radical (unpaired) electrons. The van der Waals surface area contributed by atoms with Crippen molar-refractivity contribution in [3.63, 3.8) is 0 Å². The maximum atomic E-state index is 10.8. The number of methoxy groups -OCH3 is 2. The van der Waals surface area contributed by atoms with Crippen molar-refractivity contribution in [1.29, 1.82) is 0 Å². The molecule has 30 heavy (non-hydrogen) atoms. The largest absolute Gasteiger partial charge is 0.493 e. The van der Waals surface area contributed by atoms with Gasteiger partial charge in [0.25, 0.3) is 0 Å². The molecular formula is C20H20N3O6P. The summed E-state index contributed by atoms with van der Waals surface area (Å²) in [6.07, 6.45) is 3.48. The molecule has 0 aliphatic heterocycles.